The number of amides is 1. The van der Waals surface area contributed by atoms with Crippen LogP contribution in [0.25, 0.3) is 0 Å². The fourth-order valence-electron chi connectivity index (χ4n) is 4.58. The summed E-state index contributed by atoms with van der Waals surface area (Å²) in [5.41, 5.74) is -0.205. The number of nitrogens with zero attached hydrogens (tertiary/aromatic N) is 4. The van der Waals surface area contributed by atoms with Crippen LogP contribution in [0.2, 0.25) is 0 Å². The van der Waals surface area contributed by atoms with E-state index >= 15 is 0 Å². The maximum absolute atomic E-state index is 13.2. The normalized spacial score (nSPS) is 19.9. The first-order valence-electron chi connectivity index (χ1n) is 11.0. The van der Waals surface area contributed by atoms with Crippen molar-refractivity contribution in [2.45, 2.75) is 36.9 Å². The first-order chi connectivity index (χ1) is 16.1. The summed E-state index contributed by atoms with van der Waals surface area (Å²) in [5.74, 6) is 0.395. The minimum atomic E-state index is -4.56. The first-order valence-corrected chi connectivity index (χ1v) is 12.5. The highest BCUT2D eigenvalue weighted by Crippen LogP contribution is 2.35. The number of rotatable bonds is 5. The van der Waals surface area contributed by atoms with E-state index in [1.807, 2.05) is 0 Å². The van der Waals surface area contributed by atoms with Gasteiger partial charge in [-0.2, -0.15) is 17.5 Å². The zero-order chi connectivity index (χ0) is 24.5. The smallest absolute Gasteiger partial charge is 0.331 e. The van der Waals surface area contributed by atoms with E-state index in [1.165, 1.54) is 0 Å². The van der Waals surface area contributed by atoms with Gasteiger partial charge in [0.15, 0.2) is 0 Å². The number of hydrogen-bond donors (Lipinski definition) is 1. The van der Waals surface area contributed by atoms with Gasteiger partial charge in [-0.05, 0) is 69.1 Å². The molecule has 0 aliphatic carbocycles. The Morgan fingerprint density at radius 2 is 1.76 bits per heavy atom. The predicted molar refractivity (Wildman–Crippen MR) is 117 cm³/mol. The molecule has 2 fully saturated rings. The van der Waals surface area contributed by atoms with Crippen LogP contribution in [0.5, 0.6) is 0 Å². The van der Waals surface area contributed by atoms with Crippen molar-refractivity contribution >= 4 is 15.9 Å². The molecule has 3 heterocycles. The summed E-state index contributed by atoms with van der Waals surface area (Å²) in [4.78, 5) is 23.3. The van der Waals surface area contributed by atoms with E-state index < -0.39 is 21.8 Å². The molecular formula is C22H26F3N5O3S. The number of benzene rings is 1. The van der Waals surface area contributed by atoms with Gasteiger partial charge in [-0.1, -0.05) is 0 Å². The number of sulfonamides is 1. The number of aryl methyl sites for hydroxylation is 1. The molecule has 2 aliphatic rings. The van der Waals surface area contributed by atoms with Crippen LogP contribution in [-0.2, 0) is 21.0 Å². The van der Waals surface area contributed by atoms with Crippen molar-refractivity contribution in [3.8, 4) is 0 Å². The lowest BCUT2D eigenvalue weighted by Gasteiger charge is -2.42. The average molecular weight is 498 g/mol. The predicted octanol–water partition coefficient (Wildman–Crippen LogP) is 2.38. The highest BCUT2D eigenvalue weighted by molar-refractivity contribution is 7.89. The van der Waals surface area contributed by atoms with Crippen molar-refractivity contribution in [1.29, 1.82) is 0 Å². The van der Waals surface area contributed by atoms with E-state index in [0.29, 0.717) is 5.82 Å². The SMILES string of the molecule is Cc1nccc(C(C2CCNCC2)N2CCN(S(=O)(=O)c3ccc(C(F)(F)F)cc3)CC2=O)n1. The fraction of sp³-hybridized carbons (Fsp3) is 0.500. The second-order valence-electron chi connectivity index (χ2n) is 8.51. The topological polar surface area (TPSA) is 95.5 Å². The lowest BCUT2D eigenvalue weighted by atomic mass is 9.86. The van der Waals surface area contributed by atoms with E-state index in [-0.39, 0.29) is 42.4 Å². The van der Waals surface area contributed by atoms with Crippen LogP contribution in [0, 0.1) is 12.8 Å². The molecule has 0 bridgehead atoms. The average Bonchev–Trinajstić information content (AvgIpc) is 2.80. The number of piperidine rings is 1. The Hall–Kier alpha value is -2.57. The van der Waals surface area contributed by atoms with Crippen LogP contribution in [-0.4, -0.2) is 66.2 Å². The second-order valence-corrected chi connectivity index (χ2v) is 10.4. The number of piperazine rings is 1. The number of aromatic nitrogens is 2. The van der Waals surface area contributed by atoms with Gasteiger partial charge in [-0.25, -0.2) is 18.4 Å². The van der Waals surface area contributed by atoms with Crippen molar-refractivity contribution in [2.24, 2.45) is 5.92 Å². The molecule has 1 amide bonds. The van der Waals surface area contributed by atoms with E-state index in [9.17, 15) is 26.4 Å². The summed E-state index contributed by atoms with van der Waals surface area (Å²) < 4.78 is 65.6. The number of halogens is 3. The number of hydrogen-bond acceptors (Lipinski definition) is 6. The molecule has 2 aliphatic heterocycles. The zero-order valence-electron chi connectivity index (χ0n) is 18.6. The molecule has 1 N–H and O–H groups in total. The molecule has 1 atom stereocenters. The van der Waals surface area contributed by atoms with Gasteiger partial charge in [0.05, 0.1) is 28.7 Å². The van der Waals surface area contributed by atoms with Crippen LogP contribution >= 0.6 is 0 Å². The molecule has 2 aromatic rings. The second kappa shape index (κ2) is 9.59. The molecule has 1 aromatic carbocycles. The lowest BCUT2D eigenvalue weighted by Crippen LogP contribution is -2.54. The fourth-order valence-corrected chi connectivity index (χ4v) is 5.96. The monoisotopic (exact) mass is 497 g/mol. The lowest BCUT2D eigenvalue weighted by molar-refractivity contribution is -0.139. The molecular weight excluding hydrogens is 471 g/mol. The highest BCUT2D eigenvalue weighted by atomic mass is 32.2. The number of alkyl halides is 3. The Kier molecular flexibility index (Phi) is 6.92. The Balaban J connectivity index is 1.55. The van der Waals surface area contributed by atoms with E-state index in [1.54, 1.807) is 24.1 Å². The molecule has 4 rings (SSSR count). The van der Waals surface area contributed by atoms with Gasteiger partial charge in [0, 0.05) is 19.3 Å². The van der Waals surface area contributed by atoms with Crippen molar-refractivity contribution in [3.63, 3.8) is 0 Å². The molecule has 0 spiro atoms. The summed E-state index contributed by atoms with van der Waals surface area (Å²) >= 11 is 0. The third kappa shape index (κ3) is 5.08. The minimum absolute atomic E-state index is 0.0423. The molecule has 0 saturated carbocycles. The minimum Gasteiger partial charge on any atom is -0.331 e. The molecule has 1 aromatic heterocycles. The number of carbonyl (C=O) groups is 1. The van der Waals surface area contributed by atoms with Gasteiger partial charge >= 0.3 is 6.18 Å². The molecule has 184 valence electrons. The van der Waals surface area contributed by atoms with Crippen LogP contribution in [0.4, 0.5) is 13.2 Å². The molecule has 0 radical (unpaired) electrons. The molecule has 8 nitrogen and oxygen atoms in total. The van der Waals surface area contributed by atoms with Gasteiger partial charge < -0.3 is 10.2 Å². The summed E-state index contributed by atoms with van der Waals surface area (Å²) in [7, 11) is -4.12. The van der Waals surface area contributed by atoms with E-state index in [4.69, 9.17) is 0 Å². The standard InChI is InChI=1S/C22H26F3N5O3S/c1-15-27-11-8-19(28-15)21(16-6-9-26-10-7-16)30-13-12-29(14-20(30)31)34(32,33)18-4-2-17(3-5-18)22(23,24)25/h2-5,8,11,16,21,26H,6-7,9-10,12-14H2,1H3. The van der Waals surface area contributed by atoms with Crippen molar-refractivity contribution in [1.82, 2.24) is 24.5 Å². The van der Waals surface area contributed by atoms with Gasteiger partial charge in [0.25, 0.3) is 0 Å². The van der Waals surface area contributed by atoms with Gasteiger partial charge in [0.1, 0.15) is 5.82 Å². The maximum atomic E-state index is 13.2. The van der Waals surface area contributed by atoms with Crippen LogP contribution in [0.15, 0.2) is 41.4 Å². The third-order valence-electron chi connectivity index (χ3n) is 6.31. The maximum Gasteiger partial charge on any atom is 0.416 e. The number of carbonyl (C=O) groups excluding carboxylic acids is 1. The zero-order valence-corrected chi connectivity index (χ0v) is 19.4. The largest absolute Gasteiger partial charge is 0.416 e. The van der Waals surface area contributed by atoms with Gasteiger partial charge in [-0.15, -0.1) is 0 Å². The first kappa shape index (κ1) is 24.6. The van der Waals surface area contributed by atoms with Gasteiger partial charge in [0.2, 0.25) is 15.9 Å². The molecule has 2 saturated heterocycles. The Morgan fingerprint density at radius 3 is 2.35 bits per heavy atom. The number of nitrogens with one attached hydrogen (secondary N) is 1. The summed E-state index contributed by atoms with van der Waals surface area (Å²) in [5, 5.41) is 3.31. The van der Waals surface area contributed by atoms with Crippen LogP contribution < -0.4 is 5.32 Å². The Morgan fingerprint density at radius 1 is 1.09 bits per heavy atom. The van der Waals surface area contributed by atoms with Crippen LogP contribution in [0.1, 0.15) is 36.0 Å². The van der Waals surface area contributed by atoms with E-state index in [2.05, 4.69) is 15.3 Å². The van der Waals surface area contributed by atoms with Crippen molar-refractivity contribution in [2.75, 3.05) is 32.7 Å². The summed E-state index contributed by atoms with van der Waals surface area (Å²) in [6.45, 7) is 3.24. The molecule has 1 unspecified atom stereocenters. The van der Waals surface area contributed by atoms with Crippen molar-refractivity contribution in [3.05, 3.63) is 53.6 Å². The third-order valence-corrected chi connectivity index (χ3v) is 8.17. The summed E-state index contributed by atoms with van der Waals surface area (Å²) in [6.07, 6.45) is -1.20. The van der Waals surface area contributed by atoms with Crippen LogP contribution in [0.3, 0.4) is 0 Å². The molecule has 34 heavy (non-hydrogen) atoms. The quantitative estimate of drug-likeness (QED) is 0.682. The van der Waals surface area contributed by atoms with Crippen molar-refractivity contribution < 1.29 is 26.4 Å². The Bertz CT molecular complexity index is 1140. The highest BCUT2D eigenvalue weighted by Gasteiger charge is 2.40. The molecule has 12 heteroatoms. The Labute approximate surface area is 196 Å². The summed E-state index contributed by atoms with van der Waals surface area (Å²) in [6, 6.07) is 4.81. The van der Waals surface area contributed by atoms with E-state index in [0.717, 1.165) is 60.2 Å². The van der Waals surface area contributed by atoms with Gasteiger partial charge in [-0.3, -0.25) is 4.79 Å².